The number of anilines is 1. The highest BCUT2D eigenvalue weighted by Crippen LogP contribution is 2.29. The Morgan fingerprint density at radius 2 is 1.81 bits per heavy atom. The van der Waals surface area contributed by atoms with Crippen molar-refractivity contribution in [3.63, 3.8) is 0 Å². The molecule has 0 unspecified atom stereocenters. The monoisotopic (exact) mass is 223 g/mol. The molecule has 0 amide bonds. The molecule has 1 N–H and O–H groups in total. The SMILES string of the molecule is O=C(O)C1(F)CCN(c2ccccc2)CC1. The van der Waals surface area contributed by atoms with E-state index in [1.165, 1.54) is 0 Å². The minimum Gasteiger partial charge on any atom is -0.479 e. The number of rotatable bonds is 2. The standard InChI is InChI=1S/C12H14FNO2/c13-12(11(15)16)6-8-14(9-7-12)10-4-2-1-3-5-10/h1-5H,6-9H2,(H,15,16). The number of hydrogen-bond acceptors (Lipinski definition) is 2. The highest BCUT2D eigenvalue weighted by Gasteiger charge is 2.41. The van der Waals surface area contributed by atoms with Gasteiger partial charge in [-0.05, 0) is 12.1 Å². The molecule has 2 rings (SSSR count). The number of hydrogen-bond donors (Lipinski definition) is 1. The Bertz CT molecular complexity index is 372. The van der Waals surface area contributed by atoms with Gasteiger partial charge in [0.25, 0.3) is 0 Å². The lowest BCUT2D eigenvalue weighted by Gasteiger charge is -2.35. The van der Waals surface area contributed by atoms with Crippen molar-refractivity contribution >= 4 is 11.7 Å². The molecular formula is C12H14FNO2. The lowest BCUT2D eigenvalue weighted by Crippen LogP contribution is -2.46. The number of carbonyl (C=O) groups is 1. The zero-order chi connectivity index (χ0) is 11.6. The number of alkyl halides is 1. The van der Waals surface area contributed by atoms with Gasteiger partial charge in [0.15, 0.2) is 0 Å². The van der Waals surface area contributed by atoms with Crippen LogP contribution in [0.2, 0.25) is 0 Å². The van der Waals surface area contributed by atoms with Crippen LogP contribution in [0.25, 0.3) is 0 Å². The van der Waals surface area contributed by atoms with Gasteiger partial charge in [-0.25, -0.2) is 9.18 Å². The molecule has 1 saturated heterocycles. The topological polar surface area (TPSA) is 40.5 Å². The minimum atomic E-state index is -2.04. The Morgan fingerprint density at radius 1 is 1.25 bits per heavy atom. The van der Waals surface area contributed by atoms with Crippen LogP contribution in [0.15, 0.2) is 30.3 Å². The zero-order valence-electron chi connectivity index (χ0n) is 8.90. The average molecular weight is 223 g/mol. The maximum Gasteiger partial charge on any atom is 0.341 e. The fourth-order valence-corrected chi connectivity index (χ4v) is 1.97. The summed E-state index contributed by atoms with van der Waals surface area (Å²) in [7, 11) is 0. The third-order valence-corrected chi connectivity index (χ3v) is 3.06. The highest BCUT2D eigenvalue weighted by molar-refractivity contribution is 5.77. The lowest BCUT2D eigenvalue weighted by molar-refractivity contribution is -0.152. The molecule has 3 nitrogen and oxygen atoms in total. The van der Waals surface area contributed by atoms with Crippen molar-refractivity contribution in [3.05, 3.63) is 30.3 Å². The van der Waals surface area contributed by atoms with E-state index in [9.17, 15) is 9.18 Å². The molecule has 1 aliphatic rings. The lowest BCUT2D eigenvalue weighted by atomic mass is 9.93. The van der Waals surface area contributed by atoms with Gasteiger partial charge in [0.1, 0.15) is 0 Å². The van der Waals surface area contributed by atoms with E-state index < -0.39 is 11.6 Å². The van der Waals surface area contributed by atoms with Crippen LogP contribution in [0.3, 0.4) is 0 Å². The maximum atomic E-state index is 13.8. The van der Waals surface area contributed by atoms with Crippen molar-refractivity contribution in [2.45, 2.75) is 18.5 Å². The molecule has 1 aromatic rings. The van der Waals surface area contributed by atoms with Gasteiger partial charge in [-0.15, -0.1) is 0 Å². The summed E-state index contributed by atoms with van der Waals surface area (Å²) in [5, 5.41) is 8.76. The first-order valence-corrected chi connectivity index (χ1v) is 5.34. The van der Waals surface area contributed by atoms with Gasteiger partial charge in [0, 0.05) is 31.6 Å². The average Bonchev–Trinajstić information content (AvgIpc) is 2.31. The number of piperidine rings is 1. The molecule has 0 atom stereocenters. The van der Waals surface area contributed by atoms with Gasteiger partial charge >= 0.3 is 5.97 Å². The Morgan fingerprint density at radius 3 is 2.31 bits per heavy atom. The quantitative estimate of drug-likeness (QED) is 0.834. The first-order chi connectivity index (χ1) is 7.62. The zero-order valence-corrected chi connectivity index (χ0v) is 8.90. The fourth-order valence-electron chi connectivity index (χ4n) is 1.97. The second kappa shape index (κ2) is 4.12. The maximum absolute atomic E-state index is 13.8. The summed E-state index contributed by atoms with van der Waals surface area (Å²) >= 11 is 0. The number of para-hydroxylation sites is 1. The van der Waals surface area contributed by atoms with Crippen molar-refractivity contribution in [1.29, 1.82) is 0 Å². The predicted octanol–water partition coefficient (Wildman–Crippen LogP) is 2.08. The second-order valence-electron chi connectivity index (χ2n) is 4.09. The molecule has 0 radical (unpaired) electrons. The first kappa shape index (κ1) is 10.9. The number of halogens is 1. The summed E-state index contributed by atoms with van der Waals surface area (Å²) in [4.78, 5) is 12.7. The summed E-state index contributed by atoms with van der Waals surface area (Å²) in [6.45, 7) is 0.902. The largest absolute Gasteiger partial charge is 0.479 e. The Balaban J connectivity index is 2.03. The Labute approximate surface area is 93.5 Å². The molecule has 86 valence electrons. The first-order valence-electron chi connectivity index (χ1n) is 5.34. The smallest absolute Gasteiger partial charge is 0.341 e. The van der Waals surface area contributed by atoms with Crippen molar-refractivity contribution in [1.82, 2.24) is 0 Å². The molecule has 0 bridgehead atoms. The van der Waals surface area contributed by atoms with Crippen LogP contribution in [0.1, 0.15) is 12.8 Å². The summed E-state index contributed by atoms with van der Waals surface area (Å²) in [5.41, 5.74) is -1.01. The van der Waals surface area contributed by atoms with E-state index in [1.54, 1.807) is 0 Å². The Kier molecular flexibility index (Phi) is 2.81. The van der Waals surface area contributed by atoms with Crippen LogP contribution in [0.4, 0.5) is 10.1 Å². The van der Waals surface area contributed by atoms with Gasteiger partial charge < -0.3 is 10.0 Å². The third kappa shape index (κ3) is 2.01. The molecule has 0 spiro atoms. The highest BCUT2D eigenvalue weighted by atomic mass is 19.1. The summed E-state index contributed by atoms with van der Waals surface area (Å²) in [6, 6.07) is 9.66. The predicted molar refractivity (Wildman–Crippen MR) is 59.4 cm³/mol. The van der Waals surface area contributed by atoms with Crippen LogP contribution in [-0.4, -0.2) is 29.8 Å². The van der Waals surface area contributed by atoms with Gasteiger partial charge in [-0.1, -0.05) is 18.2 Å². The third-order valence-electron chi connectivity index (χ3n) is 3.06. The summed E-state index contributed by atoms with van der Waals surface area (Å²) < 4.78 is 13.8. The molecule has 0 aromatic heterocycles. The van der Waals surface area contributed by atoms with E-state index >= 15 is 0 Å². The number of carboxylic acids is 1. The van der Waals surface area contributed by atoms with E-state index in [1.807, 2.05) is 35.2 Å². The van der Waals surface area contributed by atoms with Crippen molar-refractivity contribution < 1.29 is 14.3 Å². The molecule has 4 heteroatoms. The molecule has 1 aromatic carbocycles. The van der Waals surface area contributed by atoms with Gasteiger partial charge in [-0.2, -0.15) is 0 Å². The molecule has 1 heterocycles. The number of carboxylic acid groups (broad SMARTS) is 1. The van der Waals surface area contributed by atoms with E-state index in [-0.39, 0.29) is 12.8 Å². The number of nitrogens with zero attached hydrogens (tertiary/aromatic N) is 1. The van der Waals surface area contributed by atoms with Crippen LogP contribution < -0.4 is 4.90 Å². The van der Waals surface area contributed by atoms with Crippen molar-refractivity contribution in [3.8, 4) is 0 Å². The van der Waals surface area contributed by atoms with Crippen LogP contribution >= 0.6 is 0 Å². The molecule has 1 aliphatic heterocycles. The van der Waals surface area contributed by atoms with E-state index in [4.69, 9.17) is 5.11 Å². The van der Waals surface area contributed by atoms with Gasteiger partial charge in [0.2, 0.25) is 5.67 Å². The Hall–Kier alpha value is -1.58. The van der Waals surface area contributed by atoms with Crippen LogP contribution in [-0.2, 0) is 4.79 Å². The molecule has 16 heavy (non-hydrogen) atoms. The summed E-state index contributed by atoms with van der Waals surface area (Å²) in [5.74, 6) is -1.33. The van der Waals surface area contributed by atoms with E-state index in [2.05, 4.69) is 0 Å². The molecule has 0 saturated carbocycles. The summed E-state index contributed by atoms with van der Waals surface area (Å²) in [6.07, 6.45) is 0.106. The number of benzene rings is 1. The van der Waals surface area contributed by atoms with Crippen molar-refractivity contribution in [2.75, 3.05) is 18.0 Å². The van der Waals surface area contributed by atoms with Crippen molar-refractivity contribution in [2.24, 2.45) is 0 Å². The second-order valence-corrected chi connectivity index (χ2v) is 4.09. The van der Waals surface area contributed by atoms with E-state index in [0.29, 0.717) is 13.1 Å². The van der Waals surface area contributed by atoms with Gasteiger partial charge in [0.05, 0.1) is 0 Å². The minimum absolute atomic E-state index is 0.0528. The van der Waals surface area contributed by atoms with Gasteiger partial charge in [-0.3, -0.25) is 0 Å². The normalized spacial score (nSPS) is 19.4. The van der Waals surface area contributed by atoms with Crippen LogP contribution in [0.5, 0.6) is 0 Å². The van der Waals surface area contributed by atoms with E-state index in [0.717, 1.165) is 5.69 Å². The fraction of sp³-hybridized carbons (Fsp3) is 0.417. The van der Waals surface area contributed by atoms with Crippen LogP contribution in [0, 0.1) is 0 Å². The molecular weight excluding hydrogens is 209 g/mol. The number of aliphatic carboxylic acids is 1. The molecule has 0 aliphatic carbocycles. The molecule has 1 fully saturated rings.